The van der Waals surface area contributed by atoms with Gasteiger partial charge in [-0.25, -0.2) is 9.97 Å². The lowest BCUT2D eigenvalue weighted by Crippen LogP contribution is -2.29. The van der Waals surface area contributed by atoms with E-state index < -0.39 is 10.8 Å². The molecule has 0 radical (unpaired) electrons. The number of aryl methyl sites for hydroxylation is 1. The van der Waals surface area contributed by atoms with Crippen LogP contribution in [0, 0.1) is 0 Å². The van der Waals surface area contributed by atoms with Gasteiger partial charge in [-0.3, -0.25) is 4.21 Å². The quantitative estimate of drug-likeness (QED) is 0.888. The Kier molecular flexibility index (Phi) is 4.48. The van der Waals surface area contributed by atoms with E-state index >= 15 is 0 Å². The summed E-state index contributed by atoms with van der Waals surface area (Å²) < 4.78 is 11.3. The van der Waals surface area contributed by atoms with Crippen LogP contribution < -0.4 is 5.32 Å². The molecule has 4 nitrogen and oxygen atoms in total. The second-order valence-electron chi connectivity index (χ2n) is 4.41. The Morgan fingerprint density at radius 1 is 1.41 bits per heavy atom. The normalized spacial score (nSPS) is 24.5. The molecule has 1 N–H and O–H groups in total. The van der Waals surface area contributed by atoms with Crippen molar-refractivity contribution in [3.05, 3.63) is 18.1 Å². The van der Waals surface area contributed by atoms with Crippen LogP contribution in [0.25, 0.3) is 0 Å². The van der Waals surface area contributed by atoms with Crippen LogP contribution in [-0.4, -0.2) is 31.7 Å². The number of hydrogen-bond donors (Lipinski definition) is 1. The first-order chi connectivity index (χ1) is 8.28. The predicted octanol–water partition coefficient (Wildman–Crippen LogP) is 1.75. The van der Waals surface area contributed by atoms with Gasteiger partial charge in [-0.05, 0) is 19.3 Å². The zero-order chi connectivity index (χ0) is 12.1. The number of aromatic nitrogens is 2. The van der Waals surface area contributed by atoms with Crippen molar-refractivity contribution in [2.24, 2.45) is 0 Å². The lowest BCUT2D eigenvalue weighted by Gasteiger charge is -2.23. The Balaban J connectivity index is 1.93. The maximum absolute atomic E-state index is 11.3. The maximum Gasteiger partial charge on any atom is 0.129 e. The standard InChI is InChI=1S/C12H19N3OS/c1-2-3-11-8-12(14-9-13-11)15-10-4-6-17(16)7-5-10/h8-10H,2-7H2,1H3,(H,13,14,15). The van der Waals surface area contributed by atoms with Crippen molar-refractivity contribution in [2.45, 2.75) is 38.6 Å². The monoisotopic (exact) mass is 253 g/mol. The Morgan fingerprint density at radius 3 is 2.88 bits per heavy atom. The van der Waals surface area contributed by atoms with Crippen molar-refractivity contribution >= 4 is 16.6 Å². The Bertz CT molecular complexity index is 387. The second-order valence-corrected chi connectivity index (χ2v) is 6.11. The second kappa shape index (κ2) is 6.10. The summed E-state index contributed by atoms with van der Waals surface area (Å²) in [7, 11) is -0.599. The van der Waals surface area contributed by atoms with E-state index in [1.165, 1.54) is 0 Å². The van der Waals surface area contributed by atoms with Gasteiger partial charge in [-0.2, -0.15) is 0 Å². The Morgan fingerprint density at radius 2 is 2.18 bits per heavy atom. The van der Waals surface area contributed by atoms with E-state index in [1.54, 1.807) is 6.33 Å². The van der Waals surface area contributed by atoms with Gasteiger partial charge in [0.25, 0.3) is 0 Å². The van der Waals surface area contributed by atoms with Crippen LogP contribution in [0.4, 0.5) is 5.82 Å². The first-order valence-electron chi connectivity index (χ1n) is 6.20. The zero-order valence-electron chi connectivity index (χ0n) is 10.2. The fraction of sp³-hybridized carbons (Fsp3) is 0.667. The van der Waals surface area contributed by atoms with Crippen LogP contribution in [-0.2, 0) is 17.2 Å². The summed E-state index contributed by atoms with van der Waals surface area (Å²) in [5, 5.41) is 3.41. The summed E-state index contributed by atoms with van der Waals surface area (Å²) in [5.74, 6) is 2.52. The highest BCUT2D eigenvalue weighted by Crippen LogP contribution is 2.15. The highest BCUT2D eigenvalue weighted by molar-refractivity contribution is 7.85. The molecule has 1 aliphatic heterocycles. The fourth-order valence-corrected chi connectivity index (χ4v) is 3.32. The van der Waals surface area contributed by atoms with Crippen molar-refractivity contribution in [1.82, 2.24) is 9.97 Å². The third-order valence-corrected chi connectivity index (χ3v) is 4.35. The van der Waals surface area contributed by atoms with Crippen molar-refractivity contribution in [3.8, 4) is 0 Å². The van der Waals surface area contributed by atoms with Gasteiger partial charge in [-0.15, -0.1) is 0 Å². The first kappa shape index (κ1) is 12.5. The van der Waals surface area contributed by atoms with Gasteiger partial charge in [0, 0.05) is 40.1 Å². The summed E-state index contributed by atoms with van der Waals surface area (Å²) >= 11 is 0. The molecule has 0 unspecified atom stereocenters. The molecule has 0 saturated carbocycles. The molecular weight excluding hydrogens is 234 g/mol. The van der Waals surface area contributed by atoms with E-state index in [4.69, 9.17) is 0 Å². The molecule has 0 atom stereocenters. The van der Waals surface area contributed by atoms with Gasteiger partial charge in [0.05, 0.1) is 0 Å². The number of nitrogens with zero attached hydrogens (tertiary/aromatic N) is 2. The molecule has 0 spiro atoms. The molecule has 1 aromatic rings. The van der Waals surface area contributed by atoms with Crippen LogP contribution in [0.1, 0.15) is 31.9 Å². The molecule has 0 aliphatic carbocycles. The molecule has 1 aliphatic rings. The summed E-state index contributed by atoms with van der Waals surface area (Å²) in [6.07, 6.45) is 5.65. The molecule has 1 saturated heterocycles. The third kappa shape index (κ3) is 3.77. The van der Waals surface area contributed by atoms with Gasteiger partial charge in [-0.1, -0.05) is 13.3 Å². The highest BCUT2D eigenvalue weighted by atomic mass is 32.2. The number of anilines is 1. The summed E-state index contributed by atoms with van der Waals surface area (Å²) in [4.78, 5) is 8.47. The van der Waals surface area contributed by atoms with Gasteiger partial charge < -0.3 is 5.32 Å². The minimum atomic E-state index is -0.599. The smallest absolute Gasteiger partial charge is 0.129 e. The fourth-order valence-electron chi connectivity index (χ4n) is 2.02. The largest absolute Gasteiger partial charge is 0.367 e. The molecule has 2 heterocycles. The van der Waals surface area contributed by atoms with Crippen LogP contribution in [0.2, 0.25) is 0 Å². The number of hydrogen-bond acceptors (Lipinski definition) is 4. The van der Waals surface area contributed by atoms with E-state index in [1.807, 2.05) is 6.07 Å². The molecule has 17 heavy (non-hydrogen) atoms. The number of nitrogens with one attached hydrogen (secondary N) is 1. The topological polar surface area (TPSA) is 54.9 Å². The minimum absolute atomic E-state index is 0.414. The summed E-state index contributed by atoms with van der Waals surface area (Å²) in [6.45, 7) is 2.14. The first-order valence-corrected chi connectivity index (χ1v) is 7.69. The molecule has 94 valence electrons. The van der Waals surface area contributed by atoms with E-state index in [-0.39, 0.29) is 0 Å². The van der Waals surface area contributed by atoms with E-state index in [0.717, 1.165) is 48.7 Å². The molecular formula is C12H19N3OS. The van der Waals surface area contributed by atoms with E-state index in [2.05, 4.69) is 22.2 Å². The average Bonchev–Trinajstić information content (AvgIpc) is 2.33. The average molecular weight is 253 g/mol. The summed E-state index contributed by atoms with van der Waals surface area (Å²) in [6, 6.07) is 2.44. The van der Waals surface area contributed by atoms with Crippen molar-refractivity contribution in [2.75, 3.05) is 16.8 Å². The molecule has 0 bridgehead atoms. The highest BCUT2D eigenvalue weighted by Gasteiger charge is 2.17. The van der Waals surface area contributed by atoms with Crippen LogP contribution in [0.15, 0.2) is 12.4 Å². The number of rotatable bonds is 4. The Hall–Kier alpha value is -0.970. The zero-order valence-corrected chi connectivity index (χ0v) is 11.0. The van der Waals surface area contributed by atoms with Gasteiger partial charge in [0.15, 0.2) is 0 Å². The lowest BCUT2D eigenvalue weighted by atomic mass is 10.1. The minimum Gasteiger partial charge on any atom is -0.367 e. The molecule has 0 amide bonds. The van der Waals surface area contributed by atoms with Crippen LogP contribution in [0.5, 0.6) is 0 Å². The Labute approximate surface area is 105 Å². The maximum atomic E-state index is 11.3. The van der Waals surface area contributed by atoms with Crippen molar-refractivity contribution < 1.29 is 4.21 Å². The lowest BCUT2D eigenvalue weighted by molar-refractivity contribution is 0.622. The van der Waals surface area contributed by atoms with Crippen LogP contribution in [0.3, 0.4) is 0 Å². The van der Waals surface area contributed by atoms with Crippen LogP contribution >= 0.6 is 0 Å². The van der Waals surface area contributed by atoms with Crippen molar-refractivity contribution in [1.29, 1.82) is 0 Å². The predicted molar refractivity (Wildman–Crippen MR) is 70.5 cm³/mol. The molecule has 2 rings (SSSR count). The molecule has 5 heteroatoms. The SMILES string of the molecule is CCCc1cc(NC2CCS(=O)CC2)ncn1. The van der Waals surface area contributed by atoms with E-state index in [0.29, 0.717) is 6.04 Å². The molecule has 1 fully saturated rings. The molecule has 1 aromatic heterocycles. The van der Waals surface area contributed by atoms with E-state index in [9.17, 15) is 4.21 Å². The van der Waals surface area contributed by atoms with Crippen molar-refractivity contribution in [3.63, 3.8) is 0 Å². The molecule has 0 aromatic carbocycles. The van der Waals surface area contributed by atoms with Gasteiger partial charge in [0.1, 0.15) is 12.1 Å². The third-order valence-electron chi connectivity index (χ3n) is 2.97. The van der Waals surface area contributed by atoms with Gasteiger partial charge >= 0.3 is 0 Å². The summed E-state index contributed by atoms with van der Waals surface area (Å²) in [5.41, 5.74) is 1.09. The van der Waals surface area contributed by atoms with Gasteiger partial charge in [0.2, 0.25) is 0 Å².